The minimum atomic E-state index is -5.31. The maximum atomic E-state index is 13.4. The molecular formula is C16H10ClF4N7O4. The zero-order valence-electron chi connectivity index (χ0n) is 15.4. The van der Waals surface area contributed by atoms with Crippen LogP contribution in [0.5, 0.6) is 0 Å². The molecule has 3 rings (SSSR count). The fourth-order valence-electron chi connectivity index (χ4n) is 2.10. The van der Waals surface area contributed by atoms with E-state index in [1.165, 1.54) is 12.4 Å². The van der Waals surface area contributed by atoms with Gasteiger partial charge in [0.1, 0.15) is 11.5 Å². The lowest BCUT2D eigenvalue weighted by Gasteiger charge is -2.10. The molecule has 16 heteroatoms. The molecule has 0 fully saturated rings. The summed E-state index contributed by atoms with van der Waals surface area (Å²) in [5, 5.41) is 9.12. The van der Waals surface area contributed by atoms with E-state index in [1.54, 1.807) is 5.48 Å². The lowest BCUT2D eigenvalue weighted by molar-refractivity contribution is -0.203. The Hall–Kier alpha value is -4.01. The van der Waals surface area contributed by atoms with Crippen molar-refractivity contribution in [2.24, 2.45) is 4.99 Å². The highest BCUT2D eigenvalue weighted by Gasteiger charge is 2.42. The minimum absolute atomic E-state index is 0.0184. The molecule has 0 saturated carbocycles. The van der Waals surface area contributed by atoms with E-state index in [0.717, 1.165) is 18.2 Å². The molecule has 168 valence electrons. The van der Waals surface area contributed by atoms with E-state index in [-0.39, 0.29) is 34.5 Å². The largest absolute Gasteiger partial charge is 0.493 e. The third-order valence-corrected chi connectivity index (χ3v) is 3.82. The second-order valence-electron chi connectivity index (χ2n) is 5.73. The number of nitrogens with zero attached hydrogens (tertiary/aromatic N) is 4. The van der Waals surface area contributed by atoms with Crippen LogP contribution in [0, 0.1) is 5.82 Å². The normalized spacial score (nSPS) is 11.8. The van der Waals surface area contributed by atoms with Crippen LogP contribution in [0.4, 0.5) is 23.2 Å². The number of H-pyrrole nitrogens is 1. The minimum Gasteiger partial charge on any atom is -0.344 e. The number of imidazole rings is 1. The fourth-order valence-corrected chi connectivity index (χ4v) is 2.27. The Morgan fingerprint density at radius 3 is 2.72 bits per heavy atom. The number of rotatable bonds is 5. The Labute approximate surface area is 179 Å². The van der Waals surface area contributed by atoms with Crippen molar-refractivity contribution in [3.8, 4) is 0 Å². The van der Waals surface area contributed by atoms with E-state index in [4.69, 9.17) is 11.6 Å². The van der Waals surface area contributed by atoms with Crippen LogP contribution >= 0.6 is 11.6 Å². The second-order valence-corrected chi connectivity index (χ2v) is 6.14. The molecule has 0 aliphatic carbocycles. The van der Waals surface area contributed by atoms with Crippen molar-refractivity contribution >= 4 is 35.0 Å². The third-order valence-electron chi connectivity index (χ3n) is 3.53. The number of nitrogens with one attached hydrogen (secondary N) is 3. The molecule has 0 aliphatic heterocycles. The lowest BCUT2D eigenvalue weighted by atomic mass is 10.2. The zero-order valence-corrected chi connectivity index (χ0v) is 16.2. The molecule has 0 radical (unpaired) electrons. The van der Waals surface area contributed by atoms with Gasteiger partial charge in [-0.2, -0.15) is 18.7 Å². The number of hydrogen-bond donors (Lipinski definition) is 3. The van der Waals surface area contributed by atoms with Gasteiger partial charge in [-0.05, 0) is 23.4 Å². The molecular weight excluding hydrogens is 466 g/mol. The summed E-state index contributed by atoms with van der Waals surface area (Å²) in [5.74, 6) is -4.58. The number of hydroxylamine groups is 1. The Morgan fingerprint density at radius 2 is 2.06 bits per heavy atom. The first-order valence-electron chi connectivity index (χ1n) is 8.32. The monoisotopic (exact) mass is 475 g/mol. The number of aromatic nitrogens is 4. The highest BCUT2D eigenvalue weighted by atomic mass is 35.5. The standard InChI is InChI=1S/C16H10ClF4N7O4/c17-8-5-7(1-2-9(8)18)25-12(28-31-15(30)16(19,20)21)11-10(26-32-27-11)6-24-14(29)13-22-3-4-23-13/h1-5H,6H2,(H,22,23)(H,24,29)(H,25,28). The van der Waals surface area contributed by atoms with Crippen LogP contribution in [0.2, 0.25) is 5.02 Å². The number of aliphatic imine (C=N–C) groups is 1. The van der Waals surface area contributed by atoms with Crippen LogP contribution < -0.4 is 10.8 Å². The van der Waals surface area contributed by atoms with Gasteiger partial charge in [-0.15, -0.1) is 0 Å². The molecule has 0 atom stereocenters. The average Bonchev–Trinajstić information content (AvgIpc) is 3.43. The Morgan fingerprint density at radius 1 is 1.28 bits per heavy atom. The number of carbonyl (C=O) groups is 2. The van der Waals surface area contributed by atoms with Gasteiger partial charge in [-0.25, -0.2) is 23.8 Å². The Kier molecular flexibility index (Phi) is 6.67. The van der Waals surface area contributed by atoms with Crippen LogP contribution in [-0.4, -0.2) is 44.2 Å². The molecule has 0 spiro atoms. The van der Waals surface area contributed by atoms with Crippen molar-refractivity contribution in [3.63, 3.8) is 0 Å². The van der Waals surface area contributed by atoms with Crippen LogP contribution in [0.15, 0.2) is 40.2 Å². The van der Waals surface area contributed by atoms with Crippen molar-refractivity contribution in [3.05, 3.63) is 58.6 Å². The number of amidine groups is 1. The van der Waals surface area contributed by atoms with E-state index >= 15 is 0 Å². The molecule has 11 nitrogen and oxygen atoms in total. The van der Waals surface area contributed by atoms with Crippen molar-refractivity contribution in [2.45, 2.75) is 12.7 Å². The highest BCUT2D eigenvalue weighted by Crippen LogP contribution is 2.22. The van der Waals surface area contributed by atoms with Gasteiger partial charge in [-0.3, -0.25) is 4.79 Å². The van der Waals surface area contributed by atoms with Gasteiger partial charge in [0.15, 0.2) is 17.4 Å². The summed E-state index contributed by atoms with van der Waals surface area (Å²) >= 11 is 5.67. The number of carbonyl (C=O) groups excluding carboxylic acids is 2. The van der Waals surface area contributed by atoms with E-state index in [0.29, 0.717) is 0 Å². The maximum absolute atomic E-state index is 13.4. The molecule has 0 saturated heterocycles. The van der Waals surface area contributed by atoms with Crippen molar-refractivity contribution in [2.75, 3.05) is 0 Å². The van der Waals surface area contributed by atoms with Crippen molar-refractivity contribution < 1.29 is 36.6 Å². The molecule has 1 aromatic carbocycles. The Balaban J connectivity index is 1.87. The van der Waals surface area contributed by atoms with Gasteiger partial charge in [-0.1, -0.05) is 16.8 Å². The first kappa shape index (κ1) is 22.7. The SMILES string of the molecule is O=C(NCc1nonc1C(=Nc1ccc(F)c(Cl)c1)NOC(=O)C(F)(F)F)c1ncc[nH]1. The average molecular weight is 476 g/mol. The van der Waals surface area contributed by atoms with Gasteiger partial charge in [0, 0.05) is 12.4 Å². The summed E-state index contributed by atoms with van der Waals surface area (Å²) in [6, 6.07) is 3.14. The predicted octanol–water partition coefficient (Wildman–Crippen LogP) is 2.20. The lowest BCUT2D eigenvalue weighted by Crippen LogP contribution is -2.36. The quantitative estimate of drug-likeness (QED) is 0.220. The van der Waals surface area contributed by atoms with Gasteiger partial charge >= 0.3 is 12.1 Å². The van der Waals surface area contributed by atoms with Gasteiger partial charge in [0.05, 0.1) is 17.3 Å². The van der Waals surface area contributed by atoms with Crippen molar-refractivity contribution in [1.82, 2.24) is 31.1 Å². The highest BCUT2D eigenvalue weighted by molar-refractivity contribution is 6.31. The first-order chi connectivity index (χ1) is 15.1. The van der Waals surface area contributed by atoms with E-state index in [9.17, 15) is 27.2 Å². The molecule has 2 aromatic heterocycles. The second kappa shape index (κ2) is 9.42. The van der Waals surface area contributed by atoms with Gasteiger partial charge < -0.3 is 15.1 Å². The summed E-state index contributed by atoms with van der Waals surface area (Å²) < 4.78 is 55.4. The molecule has 2 heterocycles. The van der Waals surface area contributed by atoms with Crippen LogP contribution in [-0.2, 0) is 16.2 Å². The predicted molar refractivity (Wildman–Crippen MR) is 96.9 cm³/mol. The van der Waals surface area contributed by atoms with Gasteiger partial charge in [0.25, 0.3) is 5.91 Å². The number of halogens is 5. The molecule has 1 amide bonds. The number of hydrogen-bond acceptors (Lipinski definition) is 8. The first-order valence-corrected chi connectivity index (χ1v) is 8.70. The molecule has 3 aromatic rings. The van der Waals surface area contributed by atoms with E-state index in [2.05, 4.69) is 40.1 Å². The third kappa shape index (κ3) is 5.57. The summed E-state index contributed by atoms with van der Waals surface area (Å²) in [7, 11) is 0. The molecule has 3 N–H and O–H groups in total. The zero-order chi connectivity index (χ0) is 23.3. The number of aromatic amines is 1. The van der Waals surface area contributed by atoms with E-state index in [1.807, 2.05) is 0 Å². The summed E-state index contributed by atoms with van der Waals surface area (Å²) in [4.78, 5) is 37.3. The molecule has 0 bridgehead atoms. The number of amides is 1. The van der Waals surface area contributed by atoms with Gasteiger partial charge in [0.2, 0.25) is 0 Å². The van der Waals surface area contributed by atoms with E-state index < -0.39 is 29.7 Å². The molecule has 0 unspecified atom stereocenters. The molecule has 32 heavy (non-hydrogen) atoms. The van der Waals surface area contributed by atoms with Crippen LogP contribution in [0.3, 0.4) is 0 Å². The number of benzene rings is 1. The summed E-state index contributed by atoms with van der Waals surface area (Å²) in [5.41, 5.74) is 1.25. The summed E-state index contributed by atoms with van der Waals surface area (Å²) in [6.07, 6.45) is -2.55. The van der Waals surface area contributed by atoms with Crippen LogP contribution in [0.25, 0.3) is 0 Å². The topological polar surface area (TPSA) is 147 Å². The number of alkyl halides is 3. The fraction of sp³-hybridized carbons (Fsp3) is 0.125. The smallest absolute Gasteiger partial charge is 0.344 e. The molecule has 0 aliphatic rings. The van der Waals surface area contributed by atoms with Crippen LogP contribution in [0.1, 0.15) is 22.0 Å². The van der Waals surface area contributed by atoms with Crippen molar-refractivity contribution in [1.29, 1.82) is 0 Å². The summed E-state index contributed by atoms with van der Waals surface area (Å²) in [6.45, 7) is -0.323. The Bertz CT molecular complexity index is 1150. The maximum Gasteiger partial charge on any atom is 0.493 e.